The molecule has 0 bridgehead atoms. The SMILES string of the molecule is Cc1cccc(-c2ccccc2)c1-c1ccc(F)cn1. The summed E-state index contributed by atoms with van der Waals surface area (Å²) < 4.78 is 13.1. The second-order valence-corrected chi connectivity index (χ2v) is 4.73. The van der Waals surface area contributed by atoms with Crippen molar-refractivity contribution in [1.82, 2.24) is 4.98 Å². The van der Waals surface area contributed by atoms with Gasteiger partial charge < -0.3 is 0 Å². The molecule has 1 aromatic heterocycles. The van der Waals surface area contributed by atoms with Gasteiger partial charge in [-0.3, -0.25) is 4.98 Å². The second-order valence-electron chi connectivity index (χ2n) is 4.73. The van der Waals surface area contributed by atoms with Crippen molar-refractivity contribution < 1.29 is 4.39 Å². The topological polar surface area (TPSA) is 12.9 Å². The van der Waals surface area contributed by atoms with Crippen LogP contribution in [0, 0.1) is 12.7 Å². The van der Waals surface area contributed by atoms with Crippen LogP contribution in [-0.2, 0) is 0 Å². The van der Waals surface area contributed by atoms with Crippen LogP contribution in [0.3, 0.4) is 0 Å². The molecule has 2 aromatic carbocycles. The van der Waals surface area contributed by atoms with Crippen molar-refractivity contribution in [2.75, 3.05) is 0 Å². The molecule has 0 spiro atoms. The molecular weight excluding hydrogens is 249 g/mol. The highest BCUT2D eigenvalue weighted by Gasteiger charge is 2.10. The Bertz CT molecular complexity index is 718. The normalized spacial score (nSPS) is 10.5. The molecule has 1 heterocycles. The summed E-state index contributed by atoms with van der Waals surface area (Å²) in [6, 6.07) is 19.5. The zero-order valence-electron chi connectivity index (χ0n) is 11.2. The predicted molar refractivity (Wildman–Crippen MR) is 79.8 cm³/mol. The predicted octanol–water partition coefficient (Wildman–Crippen LogP) is 4.86. The molecular formula is C18H14FN. The van der Waals surface area contributed by atoms with Gasteiger partial charge in [-0.2, -0.15) is 0 Å². The van der Waals surface area contributed by atoms with E-state index in [0.717, 1.165) is 27.9 Å². The number of pyridine rings is 1. The van der Waals surface area contributed by atoms with E-state index >= 15 is 0 Å². The average molecular weight is 263 g/mol. The first-order valence-electron chi connectivity index (χ1n) is 6.52. The van der Waals surface area contributed by atoms with E-state index in [1.165, 1.54) is 12.3 Å². The molecule has 3 rings (SSSR count). The lowest BCUT2D eigenvalue weighted by atomic mass is 9.93. The maximum absolute atomic E-state index is 13.1. The monoisotopic (exact) mass is 263 g/mol. The summed E-state index contributed by atoms with van der Waals surface area (Å²) in [7, 11) is 0. The van der Waals surface area contributed by atoms with E-state index in [4.69, 9.17) is 0 Å². The van der Waals surface area contributed by atoms with Gasteiger partial charge in [0.15, 0.2) is 0 Å². The number of halogens is 1. The van der Waals surface area contributed by atoms with Gasteiger partial charge in [0.2, 0.25) is 0 Å². The largest absolute Gasteiger partial charge is 0.253 e. The lowest BCUT2D eigenvalue weighted by Gasteiger charge is -2.12. The number of benzene rings is 2. The molecule has 20 heavy (non-hydrogen) atoms. The first-order valence-corrected chi connectivity index (χ1v) is 6.52. The van der Waals surface area contributed by atoms with Crippen LogP contribution >= 0.6 is 0 Å². The van der Waals surface area contributed by atoms with Crippen LogP contribution in [0.4, 0.5) is 4.39 Å². The van der Waals surface area contributed by atoms with Gasteiger partial charge in [-0.15, -0.1) is 0 Å². The Morgan fingerprint density at radius 3 is 2.35 bits per heavy atom. The fourth-order valence-electron chi connectivity index (χ4n) is 2.39. The van der Waals surface area contributed by atoms with Crippen LogP contribution in [0.1, 0.15) is 5.56 Å². The van der Waals surface area contributed by atoms with Crippen molar-refractivity contribution in [3.8, 4) is 22.4 Å². The number of hydrogen-bond donors (Lipinski definition) is 0. The third-order valence-electron chi connectivity index (χ3n) is 3.34. The molecule has 0 unspecified atom stereocenters. The van der Waals surface area contributed by atoms with Crippen LogP contribution in [-0.4, -0.2) is 4.98 Å². The third-order valence-corrected chi connectivity index (χ3v) is 3.34. The van der Waals surface area contributed by atoms with Crippen LogP contribution < -0.4 is 0 Å². The molecule has 0 aliphatic heterocycles. The number of nitrogens with zero attached hydrogens (tertiary/aromatic N) is 1. The van der Waals surface area contributed by atoms with Crippen molar-refractivity contribution in [1.29, 1.82) is 0 Å². The van der Waals surface area contributed by atoms with Gasteiger partial charge in [0, 0.05) is 5.56 Å². The smallest absolute Gasteiger partial charge is 0.141 e. The Morgan fingerprint density at radius 2 is 1.65 bits per heavy atom. The van der Waals surface area contributed by atoms with Gasteiger partial charge in [0.05, 0.1) is 11.9 Å². The fourth-order valence-corrected chi connectivity index (χ4v) is 2.39. The summed E-state index contributed by atoms with van der Waals surface area (Å²) in [5.74, 6) is -0.316. The van der Waals surface area contributed by atoms with Gasteiger partial charge in [0.1, 0.15) is 5.82 Å². The van der Waals surface area contributed by atoms with E-state index in [1.807, 2.05) is 37.3 Å². The van der Waals surface area contributed by atoms with Gasteiger partial charge in [-0.05, 0) is 35.7 Å². The first-order chi connectivity index (χ1) is 9.75. The highest BCUT2D eigenvalue weighted by Crippen LogP contribution is 2.33. The van der Waals surface area contributed by atoms with E-state index in [-0.39, 0.29) is 5.82 Å². The molecule has 0 amide bonds. The van der Waals surface area contributed by atoms with Gasteiger partial charge >= 0.3 is 0 Å². The molecule has 3 aromatic rings. The van der Waals surface area contributed by atoms with Crippen LogP contribution in [0.2, 0.25) is 0 Å². The van der Waals surface area contributed by atoms with Crippen molar-refractivity contribution in [3.63, 3.8) is 0 Å². The lowest BCUT2D eigenvalue weighted by Crippen LogP contribution is -1.92. The Balaban J connectivity index is 2.22. The molecule has 0 aliphatic carbocycles. The summed E-state index contributed by atoms with van der Waals surface area (Å²) in [6.07, 6.45) is 1.26. The Labute approximate surface area is 117 Å². The summed E-state index contributed by atoms with van der Waals surface area (Å²) in [5, 5.41) is 0. The zero-order valence-corrected chi connectivity index (χ0v) is 11.2. The maximum Gasteiger partial charge on any atom is 0.141 e. The highest BCUT2D eigenvalue weighted by molar-refractivity contribution is 5.83. The number of aromatic nitrogens is 1. The number of aryl methyl sites for hydroxylation is 1. The maximum atomic E-state index is 13.1. The van der Waals surface area contributed by atoms with Crippen LogP contribution in [0.25, 0.3) is 22.4 Å². The van der Waals surface area contributed by atoms with Gasteiger partial charge in [-0.1, -0.05) is 48.5 Å². The Kier molecular flexibility index (Phi) is 3.30. The molecule has 0 saturated heterocycles. The van der Waals surface area contributed by atoms with Crippen LogP contribution in [0.5, 0.6) is 0 Å². The van der Waals surface area contributed by atoms with Crippen molar-refractivity contribution in [2.45, 2.75) is 6.92 Å². The molecule has 0 fully saturated rings. The van der Waals surface area contributed by atoms with E-state index in [0.29, 0.717) is 0 Å². The summed E-state index contributed by atoms with van der Waals surface area (Å²) >= 11 is 0. The number of rotatable bonds is 2. The minimum atomic E-state index is -0.316. The molecule has 2 heteroatoms. The molecule has 98 valence electrons. The van der Waals surface area contributed by atoms with Gasteiger partial charge in [0.25, 0.3) is 0 Å². The number of hydrogen-bond acceptors (Lipinski definition) is 1. The molecule has 0 atom stereocenters. The van der Waals surface area contributed by atoms with Crippen molar-refractivity contribution in [2.24, 2.45) is 0 Å². The average Bonchev–Trinajstić information content (AvgIpc) is 2.49. The van der Waals surface area contributed by atoms with E-state index in [1.54, 1.807) is 6.07 Å². The Morgan fingerprint density at radius 1 is 0.850 bits per heavy atom. The zero-order chi connectivity index (χ0) is 13.9. The fraction of sp³-hybridized carbons (Fsp3) is 0.0556. The van der Waals surface area contributed by atoms with Gasteiger partial charge in [-0.25, -0.2) is 4.39 Å². The molecule has 1 nitrogen and oxygen atoms in total. The molecule has 0 saturated carbocycles. The summed E-state index contributed by atoms with van der Waals surface area (Å²) in [5.41, 5.74) is 5.23. The van der Waals surface area contributed by atoms with Crippen LogP contribution in [0.15, 0.2) is 66.9 Å². The Hall–Kier alpha value is -2.48. The minimum absolute atomic E-state index is 0.316. The summed E-state index contributed by atoms with van der Waals surface area (Å²) in [6.45, 7) is 2.05. The summed E-state index contributed by atoms with van der Waals surface area (Å²) in [4.78, 5) is 4.22. The molecule has 0 aliphatic rings. The van der Waals surface area contributed by atoms with Crippen molar-refractivity contribution >= 4 is 0 Å². The van der Waals surface area contributed by atoms with E-state index in [2.05, 4.69) is 23.2 Å². The third kappa shape index (κ3) is 2.32. The lowest BCUT2D eigenvalue weighted by molar-refractivity contribution is 0.622. The standard InChI is InChI=1S/C18H14FN/c1-13-6-5-9-16(14-7-3-2-4-8-14)18(13)17-11-10-15(19)12-20-17/h2-12H,1H3. The van der Waals surface area contributed by atoms with E-state index in [9.17, 15) is 4.39 Å². The molecule has 0 radical (unpaired) electrons. The van der Waals surface area contributed by atoms with Crippen molar-refractivity contribution in [3.05, 3.63) is 78.2 Å². The molecule has 0 N–H and O–H groups in total. The van der Waals surface area contributed by atoms with E-state index < -0.39 is 0 Å². The highest BCUT2D eigenvalue weighted by atomic mass is 19.1. The minimum Gasteiger partial charge on any atom is -0.253 e. The first kappa shape index (κ1) is 12.5. The quantitative estimate of drug-likeness (QED) is 0.643. The second kappa shape index (κ2) is 5.25.